The Morgan fingerprint density at radius 3 is 1.43 bits per heavy atom. The van der Waals surface area contributed by atoms with Crippen molar-refractivity contribution in [3.63, 3.8) is 0 Å². The van der Waals surface area contributed by atoms with Crippen molar-refractivity contribution in [3.05, 3.63) is 215 Å². The van der Waals surface area contributed by atoms with Crippen LogP contribution >= 0.6 is 0 Å². The molecule has 0 saturated carbocycles. The van der Waals surface area contributed by atoms with Gasteiger partial charge in [0.1, 0.15) is 0 Å². The molecule has 0 atom stereocenters. The first kappa shape index (κ1) is 34.8. The van der Waals surface area contributed by atoms with E-state index in [9.17, 15) is 0 Å². The molecule has 0 radical (unpaired) electrons. The van der Waals surface area contributed by atoms with Crippen molar-refractivity contribution in [2.45, 2.75) is 44.9 Å². The molecular formula is C61H44. The Kier molecular flexibility index (Phi) is 7.00. The van der Waals surface area contributed by atoms with Crippen LogP contribution in [0.5, 0.6) is 0 Å². The van der Waals surface area contributed by atoms with E-state index >= 15 is 0 Å². The summed E-state index contributed by atoms with van der Waals surface area (Å²) in [5.74, 6) is 0. The summed E-state index contributed by atoms with van der Waals surface area (Å²) in [5, 5.41) is 7.91. The largest absolute Gasteiger partial charge is 0.0622 e. The second kappa shape index (κ2) is 12.3. The molecule has 0 aliphatic heterocycles. The van der Waals surface area contributed by atoms with Crippen LogP contribution in [0.25, 0.3) is 99.1 Å². The SMILES string of the molecule is CC1(C)c2cc(-c3ccc4c(c3)-c3c(c5c(c6ccccc36)-c3ccccc3C5)C4(C)C)ccc2-c2ccc(-c3c4ccccc4c(-c4ccccc4)c4ccccc34)cc21. The molecule has 3 aliphatic rings. The fourth-order valence-corrected chi connectivity index (χ4v) is 12.1. The first-order valence-corrected chi connectivity index (χ1v) is 21.9. The molecule has 10 aromatic carbocycles. The number of hydrogen-bond donors (Lipinski definition) is 0. The van der Waals surface area contributed by atoms with Crippen LogP contribution in [0.4, 0.5) is 0 Å². The lowest BCUT2D eigenvalue weighted by molar-refractivity contribution is 0.655. The molecule has 0 N–H and O–H groups in total. The quantitative estimate of drug-likeness (QED) is 0.157. The molecule has 0 unspecified atom stereocenters. The molecule has 0 amide bonds. The Morgan fingerprint density at radius 2 is 0.787 bits per heavy atom. The van der Waals surface area contributed by atoms with Gasteiger partial charge in [-0.25, -0.2) is 0 Å². The minimum atomic E-state index is -0.177. The third-order valence-electron chi connectivity index (χ3n) is 14.9. The van der Waals surface area contributed by atoms with Gasteiger partial charge in [0.25, 0.3) is 0 Å². The van der Waals surface area contributed by atoms with E-state index in [0.29, 0.717) is 0 Å². The zero-order valence-corrected chi connectivity index (χ0v) is 35.0. The molecule has 3 aliphatic carbocycles. The van der Waals surface area contributed by atoms with Crippen molar-refractivity contribution in [1.82, 2.24) is 0 Å². The third-order valence-corrected chi connectivity index (χ3v) is 14.9. The van der Waals surface area contributed by atoms with Crippen molar-refractivity contribution < 1.29 is 0 Å². The van der Waals surface area contributed by atoms with Crippen molar-refractivity contribution >= 4 is 32.3 Å². The summed E-state index contributed by atoms with van der Waals surface area (Å²) in [5.41, 5.74) is 24.5. The molecule has 0 nitrogen and oxygen atoms in total. The minimum Gasteiger partial charge on any atom is -0.0622 e. The smallest absolute Gasteiger partial charge is 0.0162 e. The van der Waals surface area contributed by atoms with Gasteiger partial charge in [-0.2, -0.15) is 0 Å². The van der Waals surface area contributed by atoms with E-state index in [2.05, 4.69) is 210 Å². The molecule has 0 aromatic heterocycles. The average Bonchev–Trinajstić information content (AvgIpc) is 3.88. The van der Waals surface area contributed by atoms with E-state index in [-0.39, 0.29) is 10.8 Å². The Bertz CT molecular complexity index is 3480. The van der Waals surface area contributed by atoms with Gasteiger partial charge >= 0.3 is 0 Å². The summed E-state index contributed by atoms with van der Waals surface area (Å²) < 4.78 is 0. The summed E-state index contributed by atoms with van der Waals surface area (Å²) >= 11 is 0. The van der Waals surface area contributed by atoms with E-state index < -0.39 is 0 Å². The second-order valence-electron chi connectivity index (χ2n) is 18.7. The molecule has 0 bridgehead atoms. The van der Waals surface area contributed by atoms with Gasteiger partial charge in [0, 0.05) is 10.8 Å². The lowest BCUT2D eigenvalue weighted by atomic mass is 9.78. The van der Waals surface area contributed by atoms with Crippen LogP contribution in [0.2, 0.25) is 0 Å². The highest BCUT2D eigenvalue weighted by Gasteiger charge is 2.42. The van der Waals surface area contributed by atoms with E-state index in [4.69, 9.17) is 0 Å². The summed E-state index contributed by atoms with van der Waals surface area (Å²) in [6, 6.07) is 68.9. The number of rotatable bonds is 3. The van der Waals surface area contributed by atoms with Gasteiger partial charge < -0.3 is 0 Å². The fourth-order valence-electron chi connectivity index (χ4n) is 12.1. The monoisotopic (exact) mass is 776 g/mol. The molecule has 0 heterocycles. The Morgan fingerprint density at radius 1 is 0.311 bits per heavy atom. The normalized spacial score (nSPS) is 14.8. The summed E-state index contributed by atoms with van der Waals surface area (Å²) in [6.45, 7) is 9.74. The molecule has 0 spiro atoms. The van der Waals surface area contributed by atoms with Gasteiger partial charge in [-0.05, 0) is 157 Å². The molecule has 0 saturated heterocycles. The minimum absolute atomic E-state index is 0.100. The lowest BCUT2D eigenvalue weighted by Crippen LogP contribution is -2.17. The van der Waals surface area contributed by atoms with Crippen LogP contribution in [0.3, 0.4) is 0 Å². The van der Waals surface area contributed by atoms with Crippen LogP contribution < -0.4 is 0 Å². The molecular weight excluding hydrogens is 733 g/mol. The Hall–Kier alpha value is -7.02. The number of fused-ring (bicyclic) bond motifs is 15. The summed E-state index contributed by atoms with van der Waals surface area (Å²) in [6.07, 6.45) is 0.997. The van der Waals surface area contributed by atoms with E-state index in [0.717, 1.165) is 6.42 Å². The van der Waals surface area contributed by atoms with Crippen molar-refractivity contribution in [2.75, 3.05) is 0 Å². The average molecular weight is 777 g/mol. The highest BCUT2D eigenvalue weighted by Crippen LogP contribution is 2.59. The molecule has 288 valence electrons. The van der Waals surface area contributed by atoms with Gasteiger partial charge in [-0.1, -0.05) is 191 Å². The van der Waals surface area contributed by atoms with E-state index in [1.807, 2.05) is 0 Å². The van der Waals surface area contributed by atoms with E-state index in [1.165, 1.54) is 132 Å². The molecule has 61 heavy (non-hydrogen) atoms. The zero-order chi connectivity index (χ0) is 40.8. The zero-order valence-electron chi connectivity index (χ0n) is 35.0. The first-order valence-electron chi connectivity index (χ1n) is 21.9. The molecule has 0 heteroatoms. The van der Waals surface area contributed by atoms with Crippen LogP contribution in [0.15, 0.2) is 182 Å². The summed E-state index contributed by atoms with van der Waals surface area (Å²) in [7, 11) is 0. The standard InChI is InChI=1S/C61H44/c1-60(2)53-34-38(37-28-31-52-50(32-37)58-49-25-15-14-24-48(49)57-41-19-9-8-18-39(41)33-51(57)59(58)61(52,3)4)26-29-42(53)43-30-27-40(35-54(43)60)56-46-22-12-10-20-44(46)55(36-16-6-5-7-17-36)45-21-11-13-23-47(45)56/h5-32,34-35H,33H2,1-4H3. The van der Waals surface area contributed by atoms with Crippen LogP contribution in [-0.4, -0.2) is 0 Å². The maximum atomic E-state index is 2.51. The summed E-state index contributed by atoms with van der Waals surface area (Å²) in [4.78, 5) is 0. The second-order valence-corrected chi connectivity index (χ2v) is 18.7. The van der Waals surface area contributed by atoms with Crippen molar-refractivity contribution in [1.29, 1.82) is 0 Å². The topological polar surface area (TPSA) is 0 Å². The van der Waals surface area contributed by atoms with Crippen LogP contribution in [0.1, 0.15) is 61.1 Å². The maximum Gasteiger partial charge on any atom is 0.0162 e. The molecule has 10 aromatic rings. The molecule has 13 rings (SSSR count). The number of benzene rings is 10. The predicted octanol–water partition coefficient (Wildman–Crippen LogP) is 16.3. The van der Waals surface area contributed by atoms with Crippen molar-refractivity contribution in [3.8, 4) is 66.8 Å². The van der Waals surface area contributed by atoms with Gasteiger partial charge in [0.2, 0.25) is 0 Å². The third kappa shape index (κ3) is 4.66. The highest BCUT2D eigenvalue weighted by atomic mass is 14.4. The lowest BCUT2D eigenvalue weighted by Gasteiger charge is -2.25. The van der Waals surface area contributed by atoms with Crippen LogP contribution in [-0.2, 0) is 17.3 Å². The van der Waals surface area contributed by atoms with Gasteiger partial charge in [-0.3, -0.25) is 0 Å². The first-order chi connectivity index (χ1) is 29.8. The number of hydrogen-bond acceptors (Lipinski definition) is 0. The van der Waals surface area contributed by atoms with Gasteiger partial charge in [0.05, 0.1) is 0 Å². The fraction of sp³-hybridized carbons (Fsp3) is 0.115. The van der Waals surface area contributed by atoms with Gasteiger partial charge in [0.15, 0.2) is 0 Å². The maximum absolute atomic E-state index is 2.51. The molecule has 0 fully saturated rings. The Balaban J connectivity index is 0.942. The van der Waals surface area contributed by atoms with E-state index in [1.54, 1.807) is 0 Å². The highest BCUT2D eigenvalue weighted by molar-refractivity contribution is 6.21. The van der Waals surface area contributed by atoms with Gasteiger partial charge in [-0.15, -0.1) is 0 Å². The predicted molar refractivity (Wildman–Crippen MR) is 259 cm³/mol. The van der Waals surface area contributed by atoms with Crippen LogP contribution in [0, 0.1) is 0 Å². The van der Waals surface area contributed by atoms with Crippen molar-refractivity contribution in [2.24, 2.45) is 0 Å². The Labute approximate surface area is 357 Å².